The fraction of sp³-hybridized carbons (Fsp3) is 0.312. The first kappa shape index (κ1) is 15.5. The van der Waals surface area contributed by atoms with Crippen molar-refractivity contribution in [3.8, 4) is 17.0 Å². The molecule has 7 heteroatoms. The molecule has 1 aromatic carbocycles. The second kappa shape index (κ2) is 6.37. The lowest BCUT2D eigenvalue weighted by atomic mass is 10.1. The van der Waals surface area contributed by atoms with E-state index in [1.807, 2.05) is 30.5 Å². The van der Waals surface area contributed by atoms with Gasteiger partial charge in [0.25, 0.3) is 5.91 Å². The number of aryl methyl sites for hydroxylation is 1. The maximum Gasteiger partial charge on any atom is 0.265 e. The van der Waals surface area contributed by atoms with Gasteiger partial charge in [0, 0.05) is 23.9 Å². The first-order valence-corrected chi connectivity index (χ1v) is 8.20. The molecule has 120 valence electrons. The molecule has 0 aliphatic carbocycles. The highest BCUT2D eigenvalue weighted by atomic mass is 32.1. The van der Waals surface area contributed by atoms with E-state index in [0.29, 0.717) is 24.4 Å². The normalized spacial score (nSPS) is 13.6. The van der Waals surface area contributed by atoms with E-state index in [9.17, 15) is 9.59 Å². The highest BCUT2D eigenvalue weighted by Gasteiger charge is 2.25. The second-order valence-corrected chi connectivity index (χ2v) is 6.40. The maximum atomic E-state index is 12.2. The molecule has 6 nitrogen and oxygen atoms in total. The van der Waals surface area contributed by atoms with Crippen LogP contribution in [0.15, 0.2) is 23.6 Å². The quantitative estimate of drug-likeness (QED) is 0.909. The number of primary amides is 1. The minimum Gasteiger partial charge on any atom is -0.482 e. The monoisotopic (exact) mass is 331 g/mol. The van der Waals surface area contributed by atoms with Gasteiger partial charge in [-0.15, -0.1) is 11.3 Å². The number of hydrogen-bond donors (Lipinski definition) is 1. The summed E-state index contributed by atoms with van der Waals surface area (Å²) >= 11 is 1.58. The molecule has 23 heavy (non-hydrogen) atoms. The number of nitrogens with zero attached hydrogens (tertiary/aromatic N) is 2. The summed E-state index contributed by atoms with van der Waals surface area (Å²) in [5.41, 5.74) is 7.70. The van der Waals surface area contributed by atoms with Crippen molar-refractivity contribution in [3.05, 3.63) is 28.6 Å². The summed E-state index contributed by atoms with van der Waals surface area (Å²) in [5.74, 6) is 0.186. The van der Waals surface area contributed by atoms with E-state index in [2.05, 4.69) is 4.98 Å². The number of benzene rings is 1. The molecule has 2 aromatic rings. The first-order chi connectivity index (χ1) is 11.0. The summed E-state index contributed by atoms with van der Waals surface area (Å²) in [6.45, 7) is 2.41. The maximum absolute atomic E-state index is 12.2. The lowest BCUT2D eigenvalue weighted by Crippen LogP contribution is -2.39. The van der Waals surface area contributed by atoms with Crippen molar-refractivity contribution in [3.63, 3.8) is 0 Å². The molecule has 2 amide bonds. The van der Waals surface area contributed by atoms with Crippen LogP contribution >= 0.6 is 11.3 Å². The van der Waals surface area contributed by atoms with Gasteiger partial charge in [0.15, 0.2) is 6.61 Å². The average molecular weight is 331 g/mol. The number of aromatic nitrogens is 1. The Morgan fingerprint density at radius 3 is 3.00 bits per heavy atom. The standard InChI is InChI=1S/C16H17N3O3S/c1-10-18-12(9-23-10)11-4-5-14-13(7-11)19(16(21)8-22-14)6-2-3-15(17)20/h4-5,7,9H,2-3,6,8H2,1H3,(H2,17,20). The van der Waals surface area contributed by atoms with Crippen molar-refractivity contribution in [2.45, 2.75) is 19.8 Å². The Morgan fingerprint density at radius 1 is 1.48 bits per heavy atom. The lowest BCUT2D eigenvalue weighted by molar-refractivity contribution is -0.122. The largest absolute Gasteiger partial charge is 0.482 e. The predicted octanol–water partition coefficient (Wildman–Crippen LogP) is 2.11. The molecule has 1 aliphatic heterocycles. The third-order valence-electron chi connectivity index (χ3n) is 3.62. The van der Waals surface area contributed by atoms with Gasteiger partial charge >= 0.3 is 0 Å². The molecule has 3 rings (SSSR count). The van der Waals surface area contributed by atoms with Crippen LogP contribution in [0.2, 0.25) is 0 Å². The van der Waals surface area contributed by atoms with E-state index in [4.69, 9.17) is 10.5 Å². The number of anilines is 1. The van der Waals surface area contributed by atoms with Crippen molar-refractivity contribution in [1.82, 2.24) is 4.98 Å². The van der Waals surface area contributed by atoms with E-state index < -0.39 is 0 Å². The third-order valence-corrected chi connectivity index (χ3v) is 4.40. The smallest absolute Gasteiger partial charge is 0.265 e. The SMILES string of the molecule is Cc1nc(-c2ccc3c(c2)N(CCCC(N)=O)C(=O)CO3)cs1. The highest BCUT2D eigenvalue weighted by molar-refractivity contribution is 7.09. The molecule has 2 N–H and O–H groups in total. The van der Waals surface area contributed by atoms with Gasteiger partial charge in [-0.3, -0.25) is 9.59 Å². The minimum absolute atomic E-state index is 0.0126. The molecule has 0 fully saturated rings. The molecule has 2 heterocycles. The van der Waals surface area contributed by atoms with Crippen LogP contribution in [-0.4, -0.2) is 29.9 Å². The minimum atomic E-state index is -0.363. The van der Waals surface area contributed by atoms with Crippen LogP contribution in [0.5, 0.6) is 5.75 Å². The summed E-state index contributed by atoms with van der Waals surface area (Å²) in [6.07, 6.45) is 0.783. The number of rotatable bonds is 5. The summed E-state index contributed by atoms with van der Waals surface area (Å²) in [7, 11) is 0. The number of nitrogens with two attached hydrogens (primary N) is 1. The van der Waals surface area contributed by atoms with Crippen LogP contribution in [0.25, 0.3) is 11.3 Å². The van der Waals surface area contributed by atoms with Crippen LogP contribution in [0, 0.1) is 6.92 Å². The van der Waals surface area contributed by atoms with Gasteiger partial charge < -0.3 is 15.4 Å². The zero-order valence-corrected chi connectivity index (χ0v) is 13.6. The summed E-state index contributed by atoms with van der Waals surface area (Å²) in [4.78, 5) is 29.2. The number of carbonyl (C=O) groups is 2. The number of ether oxygens (including phenoxy) is 1. The summed E-state index contributed by atoms with van der Waals surface area (Å²) in [5, 5.41) is 2.98. The Hall–Kier alpha value is -2.41. The molecule has 0 saturated heterocycles. The van der Waals surface area contributed by atoms with Crippen LogP contribution in [0.4, 0.5) is 5.69 Å². The van der Waals surface area contributed by atoms with Crippen molar-refractivity contribution in [2.24, 2.45) is 5.73 Å². The number of fused-ring (bicyclic) bond motifs is 1. The molecule has 0 unspecified atom stereocenters. The molecule has 0 atom stereocenters. The number of amides is 2. The average Bonchev–Trinajstić information content (AvgIpc) is 2.95. The molecule has 0 bridgehead atoms. The number of thiazole rings is 1. The highest BCUT2D eigenvalue weighted by Crippen LogP contribution is 2.36. The van der Waals surface area contributed by atoms with Gasteiger partial charge in [-0.1, -0.05) is 0 Å². The molecule has 0 radical (unpaired) electrons. The second-order valence-electron chi connectivity index (χ2n) is 5.34. The van der Waals surface area contributed by atoms with Gasteiger partial charge in [0.1, 0.15) is 5.75 Å². The van der Waals surface area contributed by atoms with Crippen LogP contribution in [-0.2, 0) is 9.59 Å². The van der Waals surface area contributed by atoms with Gasteiger partial charge in [-0.05, 0) is 31.5 Å². The molecular formula is C16H17N3O3S. The molecule has 0 spiro atoms. The Balaban J connectivity index is 1.89. The molecule has 1 aromatic heterocycles. The Morgan fingerprint density at radius 2 is 2.30 bits per heavy atom. The van der Waals surface area contributed by atoms with Crippen LogP contribution < -0.4 is 15.4 Å². The Labute approximate surface area is 137 Å². The van der Waals surface area contributed by atoms with E-state index >= 15 is 0 Å². The van der Waals surface area contributed by atoms with Crippen molar-refractivity contribution in [1.29, 1.82) is 0 Å². The van der Waals surface area contributed by atoms with Gasteiger partial charge in [0.2, 0.25) is 5.91 Å². The van der Waals surface area contributed by atoms with E-state index in [1.54, 1.807) is 16.2 Å². The van der Waals surface area contributed by atoms with E-state index in [0.717, 1.165) is 16.3 Å². The van der Waals surface area contributed by atoms with Crippen LogP contribution in [0.3, 0.4) is 0 Å². The van der Waals surface area contributed by atoms with E-state index in [-0.39, 0.29) is 24.8 Å². The zero-order valence-electron chi connectivity index (χ0n) is 12.7. The molecular weight excluding hydrogens is 314 g/mol. The van der Waals surface area contributed by atoms with Crippen LogP contribution in [0.1, 0.15) is 17.8 Å². The summed E-state index contributed by atoms with van der Waals surface area (Å²) < 4.78 is 5.49. The number of carbonyl (C=O) groups excluding carboxylic acids is 2. The number of hydrogen-bond acceptors (Lipinski definition) is 5. The topological polar surface area (TPSA) is 85.5 Å². The summed E-state index contributed by atoms with van der Waals surface area (Å²) in [6, 6.07) is 5.70. The van der Waals surface area contributed by atoms with Crippen molar-refractivity contribution >= 4 is 28.8 Å². The fourth-order valence-electron chi connectivity index (χ4n) is 2.51. The van der Waals surface area contributed by atoms with Crippen molar-refractivity contribution < 1.29 is 14.3 Å². The first-order valence-electron chi connectivity index (χ1n) is 7.32. The van der Waals surface area contributed by atoms with E-state index in [1.165, 1.54) is 0 Å². The molecule has 1 aliphatic rings. The lowest BCUT2D eigenvalue weighted by Gasteiger charge is -2.29. The Bertz CT molecular complexity index is 757. The zero-order chi connectivity index (χ0) is 16.4. The molecule has 0 saturated carbocycles. The van der Waals surface area contributed by atoms with Crippen molar-refractivity contribution in [2.75, 3.05) is 18.1 Å². The predicted molar refractivity (Wildman–Crippen MR) is 88.6 cm³/mol. The van der Waals surface area contributed by atoms with Gasteiger partial charge in [-0.2, -0.15) is 0 Å². The van der Waals surface area contributed by atoms with Gasteiger partial charge in [-0.25, -0.2) is 4.98 Å². The fourth-order valence-corrected chi connectivity index (χ4v) is 3.14. The van der Waals surface area contributed by atoms with Gasteiger partial charge in [0.05, 0.1) is 16.4 Å². The Kier molecular flexibility index (Phi) is 4.29. The third kappa shape index (κ3) is 3.34.